The van der Waals surface area contributed by atoms with Crippen LogP contribution in [0.5, 0.6) is 5.75 Å². The Kier molecular flexibility index (Phi) is 4.66. The van der Waals surface area contributed by atoms with Gasteiger partial charge in [0, 0.05) is 12.1 Å². The highest BCUT2D eigenvalue weighted by Crippen LogP contribution is 2.40. The van der Waals surface area contributed by atoms with E-state index in [1.807, 2.05) is 24.3 Å². The van der Waals surface area contributed by atoms with Crippen molar-refractivity contribution in [1.29, 1.82) is 0 Å². The van der Waals surface area contributed by atoms with Gasteiger partial charge in [0.25, 0.3) is 5.91 Å². The van der Waals surface area contributed by atoms with Gasteiger partial charge in [-0.05, 0) is 50.8 Å². The fraction of sp³-hybridized carbons (Fsp3) is 0.381. The third-order valence-electron chi connectivity index (χ3n) is 5.17. The van der Waals surface area contributed by atoms with E-state index in [1.54, 1.807) is 14.0 Å². The van der Waals surface area contributed by atoms with Crippen LogP contribution in [0.1, 0.15) is 41.4 Å². The molecule has 0 radical (unpaired) electrons. The van der Waals surface area contributed by atoms with Gasteiger partial charge in [-0.2, -0.15) is 0 Å². The van der Waals surface area contributed by atoms with Gasteiger partial charge < -0.3 is 19.8 Å². The summed E-state index contributed by atoms with van der Waals surface area (Å²) in [6.45, 7) is 4.44. The number of benzene rings is 1. The van der Waals surface area contributed by atoms with Crippen molar-refractivity contribution in [1.82, 2.24) is 15.3 Å². The molecular weight excluding hydrogens is 356 g/mol. The van der Waals surface area contributed by atoms with E-state index in [0.717, 1.165) is 30.6 Å². The van der Waals surface area contributed by atoms with Crippen LogP contribution in [-0.2, 0) is 6.42 Å². The molecular formula is C21H24N4O3. The molecule has 1 fully saturated rings. The molecule has 0 saturated heterocycles. The Hall–Kier alpha value is -3.09. The Morgan fingerprint density at radius 3 is 2.68 bits per heavy atom. The minimum Gasteiger partial charge on any atom is -0.497 e. The Morgan fingerprint density at radius 2 is 2.00 bits per heavy atom. The lowest BCUT2D eigenvalue weighted by Crippen LogP contribution is -2.26. The Morgan fingerprint density at radius 1 is 1.25 bits per heavy atom. The number of ether oxygens (including phenoxy) is 1. The molecule has 146 valence electrons. The molecule has 0 spiro atoms. The Labute approximate surface area is 163 Å². The largest absolute Gasteiger partial charge is 0.497 e. The van der Waals surface area contributed by atoms with Crippen LogP contribution in [0.15, 0.2) is 35.0 Å². The number of anilines is 1. The number of carbonyl (C=O) groups excluding carboxylic acids is 1. The second-order valence-corrected chi connectivity index (χ2v) is 7.48. The number of aromatic nitrogens is 2. The van der Waals surface area contributed by atoms with Gasteiger partial charge in [0.15, 0.2) is 0 Å². The minimum atomic E-state index is -0.177. The lowest BCUT2D eigenvalue weighted by molar-refractivity contribution is 0.0954. The topological polar surface area (TPSA) is 89.3 Å². The fourth-order valence-corrected chi connectivity index (χ4v) is 3.21. The molecule has 1 saturated carbocycles. The summed E-state index contributed by atoms with van der Waals surface area (Å²) in [6.07, 6.45) is 4.35. The average Bonchev–Trinajstić information content (AvgIpc) is 3.30. The number of furan rings is 1. The summed E-state index contributed by atoms with van der Waals surface area (Å²) in [5, 5.41) is 7.07. The van der Waals surface area contributed by atoms with Crippen molar-refractivity contribution in [2.45, 2.75) is 38.6 Å². The first-order chi connectivity index (χ1) is 13.5. The maximum absolute atomic E-state index is 12.9. The number of hydrogen-bond acceptors (Lipinski definition) is 6. The molecule has 7 nitrogen and oxygen atoms in total. The molecule has 0 unspecified atom stereocenters. The third-order valence-corrected chi connectivity index (χ3v) is 5.17. The molecule has 4 rings (SSSR count). The molecule has 0 bridgehead atoms. The van der Waals surface area contributed by atoms with Crippen molar-refractivity contribution in [3.63, 3.8) is 0 Å². The number of aryl methyl sites for hydroxylation is 1. The number of methoxy groups -OCH3 is 1. The van der Waals surface area contributed by atoms with Crippen molar-refractivity contribution < 1.29 is 13.9 Å². The van der Waals surface area contributed by atoms with Crippen LogP contribution < -0.4 is 15.4 Å². The summed E-state index contributed by atoms with van der Waals surface area (Å²) >= 11 is 0. The number of rotatable bonds is 7. The van der Waals surface area contributed by atoms with E-state index in [0.29, 0.717) is 34.8 Å². The molecule has 1 aliphatic rings. The summed E-state index contributed by atoms with van der Waals surface area (Å²) in [4.78, 5) is 21.4. The van der Waals surface area contributed by atoms with Crippen molar-refractivity contribution in [2.24, 2.45) is 0 Å². The zero-order chi connectivity index (χ0) is 19.7. The number of nitrogens with one attached hydrogen (secondary N) is 2. The van der Waals surface area contributed by atoms with E-state index in [-0.39, 0.29) is 11.4 Å². The maximum Gasteiger partial charge on any atom is 0.255 e. The van der Waals surface area contributed by atoms with E-state index in [9.17, 15) is 4.79 Å². The molecule has 7 heteroatoms. The normalized spacial score (nSPS) is 14.7. The second kappa shape index (κ2) is 7.14. The van der Waals surface area contributed by atoms with Gasteiger partial charge in [0.05, 0.1) is 18.1 Å². The molecule has 3 aromatic rings. The molecule has 1 aromatic carbocycles. The van der Waals surface area contributed by atoms with E-state index in [4.69, 9.17) is 9.15 Å². The van der Waals surface area contributed by atoms with Gasteiger partial charge in [-0.3, -0.25) is 4.79 Å². The highest BCUT2D eigenvalue weighted by molar-refractivity contribution is 6.10. The van der Waals surface area contributed by atoms with Crippen molar-refractivity contribution >= 4 is 22.8 Å². The quantitative estimate of drug-likeness (QED) is 0.652. The SMILES string of the molecule is COc1ccc(CCNC(=O)c2c(C)oc3ncnc(NC4(C)CC4)c23)cc1. The van der Waals surface area contributed by atoms with Crippen molar-refractivity contribution in [3.05, 3.63) is 47.5 Å². The standard InChI is InChI=1S/C21H24N4O3/c1-13-16(19(26)22-11-8-14-4-6-15(27-3)7-5-14)17-18(25-21(2)9-10-21)23-12-24-20(17)28-13/h4-7,12H,8-11H2,1-3H3,(H,22,26)(H,23,24,25). The molecule has 1 aliphatic carbocycles. The van der Waals surface area contributed by atoms with Crippen molar-refractivity contribution in [2.75, 3.05) is 19.0 Å². The highest BCUT2D eigenvalue weighted by Gasteiger charge is 2.38. The van der Waals surface area contributed by atoms with Gasteiger partial charge in [-0.25, -0.2) is 9.97 Å². The summed E-state index contributed by atoms with van der Waals surface area (Å²) < 4.78 is 10.9. The third kappa shape index (κ3) is 3.65. The first kappa shape index (κ1) is 18.3. The number of hydrogen-bond donors (Lipinski definition) is 2. The minimum absolute atomic E-state index is 0.0363. The number of nitrogens with zero attached hydrogens (tertiary/aromatic N) is 2. The first-order valence-electron chi connectivity index (χ1n) is 9.42. The molecule has 2 N–H and O–H groups in total. The lowest BCUT2D eigenvalue weighted by Gasteiger charge is -2.13. The van der Waals surface area contributed by atoms with Crippen LogP contribution in [-0.4, -0.2) is 35.1 Å². The van der Waals surface area contributed by atoms with Crippen LogP contribution in [0.3, 0.4) is 0 Å². The summed E-state index contributed by atoms with van der Waals surface area (Å²) in [5.41, 5.74) is 2.09. The van der Waals surface area contributed by atoms with Crippen LogP contribution in [0.4, 0.5) is 5.82 Å². The van der Waals surface area contributed by atoms with Crippen LogP contribution in [0, 0.1) is 6.92 Å². The number of amides is 1. The monoisotopic (exact) mass is 380 g/mol. The Balaban J connectivity index is 1.50. The van der Waals surface area contributed by atoms with Gasteiger partial charge in [-0.15, -0.1) is 0 Å². The summed E-state index contributed by atoms with van der Waals surface area (Å²) in [5.74, 6) is 1.84. The molecule has 2 aromatic heterocycles. The van der Waals surface area contributed by atoms with Crippen LogP contribution in [0.25, 0.3) is 11.1 Å². The first-order valence-corrected chi connectivity index (χ1v) is 9.42. The lowest BCUT2D eigenvalue weighted by atomic mass is 10.1. The van der Waals surface area contributed by atoms with Crippen molar-refractivity contribution in [3.8, 4) is 5.75 Å². The molecule has 0 aliphatic heterocycles. The number of fused-ring (bicyclic) bond motifs is 1. The summed E-state index contributed by atoms with van der Waals surface area (Å²) in [7, 11) is 1.64. The van der Waals surface area contributed by atoms with Gasteiger partial charge in [-0.1, -0.05) is 12.1 Å². The fourth-order valence-electron chi connectivity index (χ4n) is 3.21. The van der Waals surface area contributed by atoms with Crippen LogP contribution >= 0.6 is 0 Å². The van der Waals surface area contributed by atoms with Gasteiger partial charge >= 0.3 is 0 Å². The van der Waals surface area contributed by atoms with Gasteiger partial charge in [0.2, 0.25) is 5.71 Å². The van der Waals surface area contributed by atoms with E-state index >= 15 is 0 Å². The molecule has 2 heterocycles. The van der Waals surface area contributed by atoms with E-state index in [2.05, 4.69) is 27.5 Å². The smallest absolute Gasteiger partial charge is 0.255 e. The molecule has 28 heavy (non-hydrogen) atoms. The van der Waals surface area contributed by atoms with Crippen LogP contribution in [0.2, 0.25) is 0 Å². The number of carbonyl (C=O) groups is 1. The van der Waals surface area contributed by atoms with E-state index < -0.39 is 0 Å². The Bertz CT molecular complexity index is 1010. The second-order valence-electron chi connectivity index (χ2n) is 7.48. The summed E-state index contributed by atoms with van der Waals surface area (Å²) in [6, 6.07) is 7.82. The predicted octanol–water partition coefficient (Wildman–Crippen LogP) is 3.48. The zero-order valence-electron chi connectivity index (χ0n) is 16.3. The average molecular weight is 380 g/mol. The van der Waals surface area contributed by atoms with E-state index in [1.165, 1.54) is 6.33 Å². The molecule has 1 amide bonds. The zero-order valence-corrected chi connectivity index (χ0v) is 16.3. The molecule has 0 atom stereocenters. The maximum atomic E-state index is 12.9. The highest BCUT2D eigenvalue weighted by atomic mass is 16.5. The predicted molar refractivity (Wildman–Crippen MR) is 107 cm³/mol. The van der Waals surface area contributed by atoms with Gasteiger partial charge in [0.1, 0.15) is 23.7 Å².